The summed E-state index contributed by atoms with van der Waals surface area (Å²) in [6.45, 7) is 0. The Bertz CT molecular complexity index is 1380. The Morgan fingerprint density at radius 2 is 1.74 bits per heavy atom. The van der Waals surface area contributed by atoms with Crippen LogP contribution >= 0.6 is 0 Å². The Morgan fingerprint density at radius 3 is 2.52 bits per heavy atom. The number of ether oxygens (including phenoxy) is 1. The zero-order valence-corrected chi connectivity index (χ0v) is 16.5. The van der Waals surface area contributed by atoms with Crippen LogP contribution in [0.2, 0.25) is 0 Å². The number of nitrogens with two attached hydrogens (primary N) is 1. The van der Waals surface area contributed by atoms with Crippen LogP contribution in [0.4, 0.5) is 0 Å². The number of para-hydroxylation sites is 1. The van der Waals surface area contributed by atoms with Crippen LogP contribution in [0.1, 0.15) is 35.8 Å². The first-order chi connectivity index (χ1) is 15.1. The lowest BCUT2D eigenvalue weighted by atomic mass is 9.74. The van der Waals surface area contributed by atoms with Crippen molar-refractivity contribution < 1.29 is 13.9 Å². The highest BCUT2D eigenvalue weighted by Crippen LogP contribution is 2.46. The van der Waals surface area contributed by atoms with E-state index in [1.54, 1.807) is 24.3 Å². The molecule has 2 atom stereocenters. The molecule has 0 saturated heterocycles. The highest BCUT2D eigenvalue weighted by Gasteiger charge is 2.42. The van der Waals surface area contributed by atoms with Crippen molar-refractivity contribution in [1.29, 1.82) is 5.26 Å². The molecular weight excluding hydrogens is 392 g/mol. The quantitative estimate of drug-likeness (QED) is 0.684. The van der Waals surface area contributed by atoms with Gasteiger partial charge in [-0.15, -0.1) is 0 Å². The number of fused-ring (bicyclic) bond motifs is 1. The van der Waals surface area contributed by atoms with Crippen LogP contribution in [0.3, 0.4) is 0 Å². The summed E-state index contributed by atoms with van der Waals surface area (Å²) < 4.78 is 11.4. The van der Waals surface area contributed by atoms with Gasteiger partial charge < -0.3 is 14.9 Å². The number of hydrogen-bond acceptors (Lipinski definition) is 6. The van der Waals surface area contributed by atoms with Gasteiger partial charge in [0.2, 0.25) is 5.88 Å². The van der Waals surface area contributed by atoms with Gasteiger partial charge in [-0.05, 0) is 23.6 Å². The Labute approximate surface area is 177 Å². The molecule has 1 aliphatic carbocycles. The summed E-state index contributed by atoms with van der Waals surface area (Å²) in [6, 6.07) is 18.6. The lowest BCUT2D eigenvalue weighted by Gasteiger charge is -2.33. The van der Waals surface area contributed by atoms with Crippen molar-refractivity contribution in [3.63, 3.8) is 0 Å². The second kappa shape index (κ2) is 7.29. The molecule has 2 aliphatic rings. The van der Waals surface area contributed by atoms with Gasteiger partial charge >= 0.3 is 0 Å². The van der Waals surface area contributed by atoms with Crippen molar-refractivity contribution in [1.82, 2.24) is 0 Å². The molecule has 0 unspecified atom stereocenters. The van der Waals surface area contributed by atoms with Crippen molar-refractivity contribution in [3.05, 3.63) is 105 Å². The topological polar surface area (TPSA) is 106 Å². The summed E-state index contributed by atoms with van der Waals surface area (Å²) in [5, 5.41) is 10.2. The summed E-state index contributed by atoms with van der Waals surface area (Å²) >= 11 is 0. The van der Waals surface area contributed by atoms with Gasteiger partial charge in [0, 0.05) is 24.0 Å². The van der Waals surface area contributed by atoms with Gasteiger partial charge in [0.1, 0.15) is 23.0 Å². The molecule has 152 valence electrons. The third-order valence-corrected chi connectivity index (χ3v) is 5.95. The van der Waals surface area contributed by atoms with E-state index in [2.05, 4.69) is 0 Å². The number of benzene rings is 2. The highest BCUT2D eigenvalue weighted by molar-refractivity contribution is 6.00. The molecule has 0 saturated carbocycles. The molecule has 3 aromatic rings. The predicted molar refractivity (Wildman–Crippen MR) is 114 cm³/mol. The van der Waals surface area contributed by atoms with Crippen LogP contribution in [0.25, 0.3) is 11.0 Å². The number of nitrogens with zero attached hydrogens (tertiary/aromatic N) is 1. The van der Waals surface area contributed by atoms with Gasteiger partial charge in [-0.1, -0.05) is 42.5 Å². The van der Waals surface area contributed by atoms with Crippen molar-refractivity contribution in [2.75, 3.05) is 0 Å². The van der Waals surface area contributed by atoms with E-state index in [0.29, 0.717) is 28.7 Å². The maximum atomic E-state index is 13.3. The van der Waals surface area contributed by atoms with E-state index in [1.165, 1.54) is 6.26 Å². The number of rotatable bonds is 2. The summed E-state index contributed by atoms with van der Waals surface area (Å²) in [6.07, 6.45) is 2.05. The smallest absolute Gasteiger partial charge is 0.205 e. The van der Waals surface area contributed by atoms with Crippen LogP contribution in [0.15, 0.2) is 92.9 Å². The van der Waals surface area contributed by atoms with E-state index < -0.39 is 5.92 Å². The van der Waals surface area contributed by atoms with Gasteiger partial charge in [0.25, 0.3) is 0 Å². The van der Waals surface area contributed by atoms with Gasteiger partial charge in [-0.3, -0.25) is 9.59 Å². The average molecular weight is 410 g/mol. The molecule has 6 nitrogen and oxygen atoms in total. The maximum Gasteiger partial charge on any atom is 0.205 e. The van der Waals surface area contributed by atoms with E-state index in [1.807, 2.05) is 36.4 Å². The number of ketones is 1. The molecule has 0 amide bonds. The van der Waals surface area contributed by atoms with Gasteiger partial charge in [0.05, 0.1) is 17.6 Å². The van der Waals surface area contributed by atoms with Crippen molar-refractivity contribution in [3.8, 4) is 6.07 Å². The van der Waals surface area contributed by atoms with Crippen molar-refractivity contribution in [2.45, 2.75) is 24.7 Å². The van der Waals surface area contributed by atoms with Crippen LogP contribution in [0, 0.1) is 11.3 Å². The Morgan fingerprint density at radius 1 is 1.00 bits per heavy atom. The molecule has 1 aliphatic heterocycles. The lowest BCUT2D eigenvalue weighted by molar-refractivity contribution is -0.117. The lowest BCUT2D eigenvalue weighted by Crippen LogP contribution is -2.31. The number of allylic oxidation sites excluding steroid dienone is 3. The number of carbonyl (C=O) groups is 1. The summed E-state index contributed by atoms with van der Waals surface area (Å²) in [4.78, 5) is 26.6. The second-order valence-corrected chi connectivity index (χ2v) is 7.72. The fraction of sp³-hybridized carbons (Fsp3) is 0.160. The minimum absolute atomic E-state index is 0.0489. The minimum Gasteiger partial charge on any atom is -0.464 e. The standard InChI is InChI=1S/C25H18N2O4/c26-12-17-22(18-13-30-20-9-5-4-8-16(20)24(18)29)23-19(28)10-15(11-21(23)31-25(17)27)14-6-2-1-3-7-14/h1-9,13,15,22H,10-11,27H2/t15-,22+/m0/s1. The monoisotopic (exact) mass is 410 g/mol. The summed E-state index contributed by atoms with van der Waals surface area (Å²) in [7, 11) is 0. The molecule has 31 heavy (non-hydrogen) atoms. The molecule has 2 aromatic carbocycles. The molecule has 6 heteroatoms. The van der Waals surface area contributed by atoms with E-state index in [9.17, 15) is 14.9 Å². The fourth-order valence-corrected chi connectivity index (χ4v) is 4.47. The Balaban J connectivity index is 1.67. The molecule has 0 bridgehead atoms. The van der Waals surface area contributed by atoms with E-state index in [0.717, 1.165) is 5.56 Å². The SMILES string of the molecule is N#CC1=C(N)OC2=C(C(=O)C[C@H](c3ccccc3)C2)[C@H]1c1coc2ccccc2c1=O. The number of hydrogen-bond donors (Lipinski definition) is 1. The van der Waals surface area contributed by atoms with Crippen LogP contribution in [0.5, 0.6) is 0 Å². The molecule has 2 heterocycles. The highest BCUT2D eigenvalue weighted by atomic mass is 16.5. The van der Waals surface area contributed by atoms with Crippen LogP contribution in [-0.2, 0) is 9.53 Å². The zero-order valence-electron chi connectivity index (χ0n) is 16.5. The first kappa shape index (κ1) is 18.9. The summed E-state index contributed by atoms with van der Waals surface area (Å²) in [5.41, 5.74) is 7.82. The number of carbonyl (C=O) groups excluding carboxylic acids is 1. The third-order valence-electron chi connectivity index (χ3n) is 5.95. The van der Waals surface area contributed by atoms with E-state index in [4.69, 9.17) is 14.9 Å². The Hall–Kier alpha value is -4.11. The zero-order chi connectivity index (χ0) is 21.5. The largest absolute Gasteiger partial charge is 0.464 e. The molecule has 0 spiro atoms. The van der Waals surface area contributed by atoms with Crippen molar-refractivity contribution in [2.24, 2.45) is 5.73 Å². The van der Waals surface area contributed by atoms with E-state index in [-0.39, 0.29) is 40.6 Å². The van der Waals surface area contributed by atoms with Crippen LogP contribution in [-0.4, -0.2) is 5.78 Å². The molecule has 0 radical (unpaired) electrons. The fourth-order valence-electron chi connectivity index (χ4n) is 4.47. The van der Waals surface area contributed by atoms with Gasteiger partial charge in [-0.2, -0.15) is 5.26 Å². The number of nitriles is 1. The third kappa shape index (κ3) is 3.03. The first-order valence-electron chi connectivity index (χ1n) is 9.97. The Kier molecular flexibility index (Phi) is 4.45. The van der Waals surface area contributed by atoms with Crippen molar-refractivity contribution >= 4 is 16.8 Å². The molecule has 5 rings (SSSR count). The van der Waals surface area contributed by atoms with Crippen LogP contribution < -0.4 is 11.2 Å². The normalized spacial score (nSPS) is 20.9. The van der Waals surface area contributed by atoms with Gasteiger partial charge in [0.15, 0.2) is 11.2 Å². The van der Waals surface area contributed by atoms with Gasteiger partial charge in [-0.25, -0.2) is 0 Å². The predicted octanol–water partition coefficient (Wildman–Crippen LogP) is 4.00. The second-order valence-electron chi connectivity index (χ2n) is 7.72. The average Bonchev–Trinajstić information content (AvgIpc) is 2.79. The molecule has 2 N–H and O–H groups in total. The molecule has 1 aromatic heterocycles. The van der Waals surface area contributed by atoms with E-state index >= 15 is 0 Å². The minimum atomic E-state index is -0.904. The molecular formula is C25H18N2O4. The maximum absolute atomic E-state index is 13.3. The molecule has 0 fully saturated rings. The summed E-state index contributed by atoms with van der Waals surface area (Å²) in [5.74, 6) is -0.788. The number of Topliss-reactive ketones (excluding diaryl/α,β-unsaturated/α-hetero) is 1. The first-order valence-corrected chi connectivity index (χ1v) is 9.97.